The summed E-state index contributed by atoms with van der Waals surface area (Å²) < 4.78 is 6.54. The number of carbonyl (C=O) groups is 1. The molecule has 1 aliphatic carbocycles. The lowest BCUT2D eigenvalue weighted by molar-refractivity contribution is -0.124. The molecule has 3 heterocycles. The fourth-order valence-electron chi connectivity index (χ4n) is 5.46. The highest BCUT2D eigenvalue weighted by molar-refractivity contribution is 6.05. The monoisotopic (exact) mass is 522 g/mol. The van der Waals surface area contributed by atoms with Gasteiger partial charge in [0.15, 0.2) is 0 Å². The highest BCUT2D eigenvalue weighted by Gasteiger charge is 2.33. The zero-order chi connectivity index (χ0) is 26.8. The number of aromatic nitrogens is 3. The molecule has 1 amide bonds. The summed E-state index contributed by atoms with van der Waals surface area (Å²) in [5, 5.41) is 11.9. The van der Waals surface area contributed by atoms with Gasteiger partial charge in [-0.1, -0.05) is 31.2 Å². The highest BCUT2D eigenvalue weighted by Crippen LogP contribution is 2.40. The van der Waals surface area contributed by atoms with Crippen LogP contribution in [0.5, 0.6) is 11.6 Å². The van der Waals surface area contributed by atoms with Crippen LogP contribution in [0.2, 0.25) is 0 Å². The SMILES string of the molecule is Cc1ccc2c(NC(=O)[C@@H]3CC[C@@H]3C)cccc2c1Oc1ncccc1-c1ccnc(N[C@H]2CCCNC2)n1. The molecule has 6 rings (SSSR count). The van der Waals surface area contributed by atoms with Gasteiger partial charge in [0.25, 0.3) is 0 Å². The van der Waals surface area contributed by atoms with Crippen molar-refractivity contribution in [2.75, 3.05) is 23.7 Å². The van der Waals surface area contributed by atoms with E-state index in [1.807, 2.05) is 55.5 Å². The number of amides is 1. The number of nitrogens with one attached hydrogen (secondary N) is 3. The van der Waals surface area contributed by atoms with Gasteiger partial charge in [-0.15, -0.1) is 0 Å². The Hall–Kier alpha value is -4.04. The number of nitrogens with zero attached hydrogens (tertiary/aromatic N) is 3. The van der Waals surface area contributed by atoms with E-state index in [2.05, 4.69) is 32.8 Å². The summed E-state index contributed by atoms with van der Waals surface area (Å²) in [7, 11) is 0. The van der Waals surface area contributed by atoms with Crippen molar-refractivity contribution in [3.63, 3.8) is 0 Å². The predicted octanol–water partition coefficient (Wildman–Crippen LogP) is 5.94. The number of pyridine rings is 1. The average molecular weight is 523 g/mol. The molecule has 0 unspecified atom stereocenters. The summed E-state index contributed by atoms with van der Waals surface area (Å²) in [6.07, 6.45) is 7.76. The maximum atomic E-state index is 12.9. The molecule has 3 atom stereocenters. The molecule has 0 radical (unpaired) electrons. The van der Waals surface area contributed by atoms with E-state index in [1.54, 1.807) is 12.4 Å². The Balaban J connectivity index is 1.30. The van der Waals surface area contributed by atoms with Crippen molar-refractivity contribution < 1.29 is 9.53 Å². The molecule has 200 valence electrons. The first-order chi connectivity index (χ1) is 19.1. The first-order valence-corrected chi connectivity index (χ1v) is 13.8. The molecule has 2 aromatic carbocycles. The number of hydrogen-bond donors (Lipinski definition) is 3. The summed E-state index contributed by atoms with van der Waals surface area (Å²) in [4.78, 5) is 26.7. The van der Waals surface area contributed by atoms with Crippen LogP contribution in [0.15, 0.2) is 60.9 Å². The normalized spacial score (nSPS) is 20.7. The lowest BCUT2D eigenvalue weighted by Gasteiger charge is -2.32. The Morgan fingerprint density at radius 1 is 1.00 bits per heavy atom. The predicted molar refractivity (Wildman–Crippen MR) is 154 cm³/mol. The molecule has 2 aliphatic rings. The second kappa shape index (κ2) is 11.0. The lowest BCUT2D eigenvalue weighted by Crippen LogP contribution is -2.38. The molecular formula is C31H34N6O2. The van der Waals surface area contributed by atoms with Crippen LogP contribution >= 0.6 is 0 Å². The topological polar surface area (TPSA) is 101 Å². The minimum Gasteiger partial charge on any atom is -0.437 e. The van der Waals surface area contributed by atoms with Crippen LogP contribution < -0.4 is 20.7 Å². The summed E-state index contributed by atoms with van der Waals surface area (Å²) in [5.41, 5.74) is 3.29. The zero-order valence-corrected chi connectivity index (χ0v) is 22.4. The van der Waals surface area contributed by atoms with E-state index >= 15 is 0 Å². The maximum absolute atomic E-state index is 12.9. The molecule has 4 aromatic rings. The molecular weight excluding hydrogens is 488 g/mol. The average Bonchev–Trinajstić information content (AvgIpc) is 2.95. The van der Waals surface area contributed by atoms with E-state index in [-0.39, 0.29) is 11.8 Å². The first-order valence-electron chi connectivity index (χ1n) is 13.8. The number of benzene rings is 2. The van der Waals surface area contributed by atoms with Gasteiger partial charge in [0, 0.05) is 47.4 Å². The van der Waals surface area contributed by atoms with Gasteiger partial charge in [-0.3, -0.25) is 4.79 Å². The Morgan fingerprint density at radius 3 is 2.72 bits per heavy atom. The minimum atomic E-state index is 0.0825. The van der Waals surface area contributed by atoms with Gasteiger partial charge in [-0.2, -0.15) is 0 Å². The number of fused-ring (bicyclic) bond motifs is 1. The first kappa shape index (κ1) is 25.2. The number of piperidine rings is 1. The van der Waals surface area contributed by atoms with E-state index in [0.717, 1.165) is 72.1 Å². The minimum absolute atomic E-state index is 0.0825. The van der Waals surface area contributed by atoms with Gasteiger partial charge >= 0.3 is 0 Å². The van der Waals surface area contributed by atoms with Gasteiger partial charge < -0.3 is 20.7 Å². The smallest absolute Gasteiger partial charge is 0.228 e. The number of hydrogen-bond acceptors (Lipinski definition) is 7. The van der Waals surface area contributed by atoms with Crippen molar-refractivity contribution >= 4 is 28.3 Å². The highest BCUT2D eigenvalue weighted by atomic mass is 16.5. The van der Waals surface area contributed by atoms with Gasteiger partial charge in [-0.05, 0) is 74.9 Å². The lowest BCUT2D eigenvalue weighted by atomic mass is 9.74. The molecule has 3 N–H and O–H groups in total. The molecule has 39 heavy (non-hydrogen) atoms. The summed E-state index contributed by atoms with van der Waals surface area (Å²) in [5.74, 6) is 2.38. The van der Waals surface area contributed by atoms with E-state index in [0.29, 0.717) is 29.5 Å². The van der Waals surface area contributed by atoms with Gasteiger partial charge in [0.1, 0.15) is 5.75 Å². The van der Waals surface area contributed by atoms with Gasteiger partial charge in [0.2, 0.25) is 17.7 Å². The largest absolute Gasteiger partial charge is 0.437 e. The van der Waals surface area contributed by atoms with Crippen LogP contribution in [-0.2, 0) is 4.79 Å². The second-order valence-electron chi connectivity index (χ2n) is 10.7. The number of aryl methyl sites for hydroxylation is 1. The quantitative estimate of drug-likeness (QED) is 0.276. The van der Waals surface area contributed by atoms with Gasteiger partial charge in [-0.25, -0.2) is 15.0 Å². The fraction of sp³-hybridized carbons (Fsp3) is 0.355. The third-order valence-corrected chi connectivity index (χ3v) is 7.95. The molecule has 0 bridgehead atoms. The van der Waals surface area contributed by atoms with Crippen molar-refractivity contribution in [1.82, 2.24) is 20.3 Å². The zero-order valence-electron chi connectivity index (χ0n) is 22.4. The van der Waals surface area contributed by atoms with Crippen molar-refractivity contribution in [2.45, 2.75) is 45.6 Å². The van der Waals surface area contributed by atoms with Crippen LogP contribution in [0, 0.1) is 18.8 Å². The molecule has 8 heteroatoms. The van der Waals surface area contributed by atoms with E-state index < -0.39 is 0 Å². The molecule has 1 aliphatic heterocycles. The number of anilines is 2. The molecule has 1 saturated carbocycles. The number of ether oxygens (including phenoxy) is 1. The van der Waals surface area contributed by atoms with E-state index in [9.17, 15) is 4.79 Å². The molecule has 0 spiro atoms. The third kappa shape index (κ3) is 5.29. The van der Waals surface area contributed by atoms with Gasteiger partial charge in [0.05, 0.1) is 11.3 Å². The fourth-order valence-corrected chi connectivity index (χ4v) is 5.46. The summed E-state index contributed by atoms with van der Waals surface area (Å²) in [6, 6.07) is 16.0. The van der Waals surface area contributed by atoms with Crippen molar-refractivity contribution in [1.29, 1.82) is 0 Å². The van der Waals surface area contributed by atoms with Crippen LogP contribution in [0.25, 0.3) is 22.0 Å². The van der Waals surface area contributed by atoms with Crippen LogP contribution in [0.3, 0.4) is 0 Å². The van der Waals surface area contributed by atoms with Crippen LogP contribution in [0.1, 0.15) is 38.2 Å². The standard InChI is InChI=1S/C31H34N6O2/c1-19-10-12-22(19)29(38)36-26-9-3-7-24-23(26)13-11-20(2)28(24)39-30-25(8-5-16-33-30)27-14-17-34-31(37-27)35-21-6-4-15-32-18-21/h3,5,7-9,11,13-14,16-17,19,21-22,32H,4,6,10,12,15,18H2,1-2H3,(H,36,38)(H,34,35,37)/t19-,21-,22+/m0/s1. The number of carbonyl (C=O) groups excluding carboxylic acids is 1. The summed E-state index contributed by atoms with van der Waals surface area (Å²) >= 11 is 0. The molecule has 2 fully saturated rings. The molecule has 1 saturated heterocycles. The van der Waals surface area contributed by atoms with Crippen molar-refractivity contribution in [2.24, 2.45) is 11.8 Å². The Kier molecular flexibility index (Phi) is 7.11. The van der Waals surface area contributed by atoms with E-state index in [4.69, 9.17) is 9.72 Å². The van der Waals surface area contributed by atoms with Crippen LogP contribution in [0.4, 0.5) is 11.6 Å². The Morgan fingerprint density at radius 2 is 1.92 bits per heavy atom. The molecule has 2 aromatic heterocycles. The molecule has 8 nitrogen and oxygen atoms in total. The summed E-state index contributed by atoms with van der Waals surface area (Å²) in [6.45, 7) is 6.11. The maximum Gasteiger partial charge on any atom is 0.228 e. The van der Waals surface area contributed by atoms with Crippen LogP contribution in [-0.4, -0.2) is 40.0 Å². The third-order valence-electron chi connectivity index (χ3n) is 7.95. The van der Waals surface area contributed by atoms with E-state index in [1.165, 1.54) is 0 Å². The Bertz CT molecular complexity index is 1500. The van der Waals surface area contributed by atoms with Crippen molar-refractivity contribution in [3.8, 4) is 22.9 Å². The second-order valence-corrected chi connectivity index (χ2v) is 10.7. The Labute approximate surface area is 228 Å². The van der Waals surface area contributed by atoms with Crippen molar-refractivity contribution in [3.05, 3.63) is 66.5 Å². The number of rotatable bonds is 7.